The molecule has 0 spiro atoms. The lowest BCUT2D eigenvalue weighted by atomic mass is 9.96. The molecule has 122 valence electrons. The quantitative estimate of drug-likeness (QED) is 0.756. The van der Waals surface area contributed by atoms with Crippen LogP contribution in [0.25, 0.3) is 0 Å². The van der Waals surface area contributed by atoms with Crippen molar-refractivity contribution in [2.45, 2.75) is 77.9 Å². The monoisotopic (exact) mass is 298 g/mol. The van der Waals surface area contributed by atoms with Gasteiger partial charge >= 0.3 is 5.97 Å². The van der Waals surface area contributed by atoms with Gasteiger partial charge in [0.15, 0.2) is 0 Å². The minimum Gasteiger partial charge on any atom is -0.480 e. The van der Waals surface area contributed by atoms with E-state index in [1.807, 2.05) is 20.8 Å². The van der Waals surface area contributed by atoms with E-state index in [1.165, 1.54) is 6.42 Å². The number of nitrogens with zero attached hydrogens (tertiary/aromatic N) is 1. The van der Waals surface area contributed by atoms with Gasteiger partial charge in [-0.05, 0) is 38.6 Å². The highest BCUT2D eigenvalue weighted by Gasteiger charge is 2.32. The molecule has 4 atom stereocenters. The van der Waals surface area contributed by atoms with Crippen molar-refractivity contribution in [2.75, 3.05) is 6.54 Å². The average Bonchev–Trinajstić information content (AvgIpc) is 2.50. The Labute approximate surface area is 128 Å². The van der Waals surface area contributed by atoms with Gasteiger partial charge < -0.3 is 10.4 Å². The van der Waals surface area contributed by atoms with E-state index in [-0.39, 0.29) is 17.9 Å². The topological polar surface area (TPSA) is 69.6 Å². The Morgan fingerprint density at radius 3 is 2.48 bits per heavy atom. The Kier molecular flexibility index (Phi) is 7.15. The molecule has 1 amide bonds. The summed E-state index contributed by atoms with van der Waals surface area (Å²) in [6, 6.07) is -0.623. The average molecular weight is 298 g/mol. The first-order chi connectivity index (χ1) is 9.92. The number of rotatable bonds is 7. The summed E-state index contributed by atoms with van der Waals surface area (Å²) in [5.41, 5.74) is 0. The fourth-order valence-electron chi connectivity index (χ4n) is 3.08. The first kappa shape index (κ1) is 18.0. The number of likely N-dealkylation sites (tertiary alicyclic amines) is 1. The summed E-state index contributed by atoms with van der Waals surface area (Å²) < 4.78 is 0. The highest BCUT2D eigenvalue weighted by atomic mass is 16.4. The van der Waals surface area contributed by atoms with E-state index in [0.717, 1.165) is 32.2 Å². The third-order valence-corrected chi connectivity index (χ3v) is 4.80. The van der Waals surface area contributed by atoms with E-state index in [9.17, 15) is 14.7 Å². The second-order valence-corrected chi connectivity index (χ2v) is 6.18. The highest BCUT2D eigenvalue weighted by Crippen LogP contribution is 2.22. The maximum absolute atomic E-state index is 12.4. The Balaban J connectivity index is 2.69. The number of hydrogen-bond donors (Lipinski definition) is 2. The molecule has 1 saturated heterocycles. The maximum atomic E-state index is 12.4. The van der Waals surface area contributed by atoms with Gasteiger partial charge in [0.25, 0.3) is 0 Å². The van der Waals surface area contributed by atoms with Crippen molar-refractivity contribution in [3.63, 3.8) is 0 Å². The van der Waals surface area contributed by atoms with Crippen molar-refractivity contribution >= 4 is 11.9 Å². The first-order valence-electron chi connectivity index (χ1n) is 8.21. The van der Waals surface area contributed by atoms with Gasteiger partial charge in [-0.3, -0.25) is 9.69 Å². The normalized spacial score (nSPS) is 24.1. The zero-order chi connectivity index (χ0) is 16.0. The Bertz CT molecular complexity index is 359. The number of carboxylic acids is 1. The molecule has 0 bridgehead atoms. The molecule has 0 aromatic carbocycles. The minimum atomic E-state index is -0.949. The molecule has 0 saturated carbocycles. The van der Waals surface area contributed by atoms with E-state index in [4.69, 9.17) is 0 Å². The molecule has 1 fully saturated rings. The molecular formula is C16H30N2O3. The molecule has 5 nitrogen and oxygen atoms in total. The van der Waals surface area contributed by atoms with Gasteiger partial charge in [0.05, 0.1) is 6.04 Å². The largest absolute Gasteiger partial charge is 0.480 e. The third-order valence-electron chi connectivity index (χ3n) is 4.80. The van der Waals surface area contributed by atoms with E-state index < -0.39 is 12.0 Å². The molecule has 1 aliphatic rings. The number of hydrogen-bond acceptors (Lipinski definition) is 3. The van der Waals surface area contributed by atoms with Crippen molar-refractivity contribution in [1.29, 1.82) is 0 Å². The predicted octanol–water partition coefficient (Wildman–Crippen LogP) is 2.25. The van der Waals surface area contributed by atoms with E-state index in [2.05, 4.69) is 17.1 Å². The van der Waals surface area contributed by atoms with Gasteiger partial charge in [-0.2, -0.15) is 0 Å². The molecule has 0 aromatic heterocycles. The van der Waals surface area contributed by atoms with Crippen molar-refractivity contribution in [2.24, 2.45) is 5.92 Å². The summed E-state index contributed by atoms with van der Waals surface area (Å²) in [6.45, 7) is 8.76. The Morgan fingerprint density at radius 2 is 1.95 bits per heavy atom. The van der Waals surface area contributed by atoms with Crippen LogP contribution in [0.15, 0.2) is 0 Å². The van der Waals surface area contributed by atoms with Crippen LogP contribution >= 0.6 is 0 Å². The summed E-state index contributed by atoms with van der Waals surface area (Å²) in [7, 11) is 0. The molecule has 4 unspecified atom stereocenters. The number of carbonyl (C=O) groups excluding carboxylic acids is 1. The lowest BCUT2D eigenvalue weighted by Crippen LogP contribution is -2.55. The zero-order valence-corrected chi connectivity index (χ0v) is 13.8. The lowest BCUT2D eigenvalue weighted by molar-refractivity contribution is -0.144. The molecule has 2 N–H and O–H groups in total. The zero-order valence-electron chi connectivity index (χ0n) is 13.8. The fraction of sp³-hybridized carbons (Fsp3) is 0.875. The summed E-state index contributed by atoms with van der Waals surface area (Å²) in [5.74, 6) is -1.18. The van der Waals surface area contributed by atoms with Crippen LogP contribution in [0.1, 0.15) is 59.8 Å². The van der Waals surface area contributed by atoms with Crippen LogP contribution in [0.2, 0.25) is 0 Å². The van der Waals surface area contributed by atoms with Crippen molar-refractivity contribution in [3.05, 3.63) is 0 Å². The van der Waals surface area contributed by atoms with Crippen LogP contribution in [0.4, 0.5) is 0 Å². The molecule has 5 heteroatoms. The van der Waals surface area contributed by atoms with Crippen LogP contribution < -0.4 is 5.32 Å². The van der Waals surface area contributed by atoms with Crippen LogP contribution in [-0.2, 0) is 9.59 Å². The van der Waals surface area contributed by atoms with Crippen LogP contribution in [-0.4, -0.2) is 46.6 Å². The summed E-state index contributed by atoms with van der Waals surface area (Å²) in [6.07, 6.45) is 5.22. The fourth-order valence-corrected chi connectivity index (χ4v) is 3.08. The molecule has 0 radical (unpaired) electrons. The lowest BCUT2D eigenvalue weighted by Gasteiger charge is -2.39. The van der Waals surface area contributed by atoms with Crippen LogP contribution in [0.5, 0.6) is 0 Å². The smallest absolute Gasteiger partial charge is 0.326 e. The van der Waals surface area contributed by atoms with Gasteiger partial charge in [0, 0.05) is 6.04 Å². The number of piperidine rings is 1. The molecule has 1 aliphatic heterocycles. The second-order valence-electron chi connectivity index (χ2n) is 6.18. The standard InChI is InChI=1S/C16H30N2O3/c1-5-11(3)14(16(20)21)17-15(19)12(4)18-10-8-7-9-13(18)6-2/h11-14H,5-10H2,1-4H3,(H,17,19)(H,20,21). The molecule has 1 heterocycles. The summed E-state index contributed by atoms with van der Waals surface area (Å²) in [5, 5.41) is 12.0. The molecule has 0 aliphatic carbocycles. The van der Waals surface area contributed by atoms with E-state index in [0.29, 0.717) is 6.04 Å². The van der Waals surface area contributed by atoms with Crippen LogP contribution in [0.3, 0.4) is 0 Å². The van der Waals surface area contributed by atoms with Crippen molar-refractivity contribution in [1.82, 2.24) is 10.2 Å². The third kappa shape index (κ3) is 4.70. The van der Waals surface area contributed by atoms with Crippen LogP contribution in [0, 0.1) is 5.92 Å². The summed E-state index contributed by atoms with van der Waals surface area (Å²) in [4.78, 5) is 26.0. The Morgan fingerprint density at radius 1 is 1.29 bits per heavy atom. The highest BCUT2D eigenvalue weighted by molar-refractivity contribution is 5.86. The van der Waals surface area contributed by atoms with Gasteiger partial charge in [-0.1, -0.05) is 33.6 Å². The summed E-state index contributed by atoms with van der Waals surface area (Å²) >= 11 is 0. The number of amides is 1. The molecule has 1 rings (SSSR count). The van der Waals surface area contributed by atoms with Crippen molar-refractivity contribution < 1.29 is 14.7 Å². The number of carboxylic acid groups (broad SMARTS) is 1. The number of carbonyl (C=O) groups is 2. The van der Waals surface area contributed by atoms with Gasteiger partial charge in [-0.15, -0.1) is 0 Å². The SMILES string of the molecule is CCC(C)C(NC(=O)C(C)N1CCCCC1CC)C(=O)O. The maximum Gasteiger partial charge on any atom is 0.326 e. The molecule has 21 heavy (non-hydrogen) atoms. The number of nitrogens with one attached hydrogen (secondary N) is 1. The molecule has 0 aromatic rings. The minimum absolute atomic E-state index is 0.0676. The van der Waals surface area contributed by atoms with E-state index in [1.54, 1.807) is 0 Å². The predicted molar refractivity (Wildman–Crippen MR) is 83.1 cm³/mol. The van der Waals surface area contributed by atoms with Gasteiger partial charge in [0.2, 0.25) is 5.91 Å². The second kappa shape index (κ2) is 8.37. The molecular weight excluding hydrogens is 268 g/mol. The number of aliphatic carboxylic acids is 1. The van der Waals surface area contributed by atoms with Crippen molar-refractivity contribution in [3.8, 4) is 0 Å². The van der Waals surface area contributed by atoms with E-state index >= 15 is 0 Å². The van der Waals surface area contributed by atoms with Gasteiger partial charge in [0.1, 0.15) is 6.04 Å². The van der Waals surface area contributed by atoms with Gasteiger partial charge in [-0.25, -0.2) is 4.79 Å². The Hall–Kier alpha value is -1.10. The first-order valence-corrected chi connectivity index (χ1v) is 8.21.